The summed E-state index contributed by atoms with van der Waals surface area (Å²) in [5, 5.41) is 14.6. The molecule has 3 N–H and O–H groups in total. The van der Waals surface area contributed by atoms with Crippen LogP contribution in [-0.4, -0.2) is 40.8 Å². The van der Waals surface area contributed by atoms with Crippen LogP contribution in [0.25, 0.3) is 0 Å². The molecule has 0 heterocycles. The van der Waals surface area contributed by atoms with Gasteiger partial charge in [-0.15, -0.1) is 0 Å². The Labute approximate surface area is 149 Å². The first kappa shape index (κ1) is 21.3. The Morgan fingerprint density at radius 1 is 1.04 bits per heavy atom. The number of amides is 2. The van der Waals surface area contributed by atoms with Crippen molar-refractivity contribution in [2.75, 3.05) is 6.54 Å². The van der Waals surface area contributed by atoms with Gasteiger partial charge in [0.1, 0.15) is 11.1 Å². The molecular weight excluding hydrogens is 324 g/mol. The van der Waals surface area contributed by atoms with E-state index in [9.17, 15) is 19.5 Å². The third-order valence-electron chi connectivity index (χ3n) is 4.45. The summed E-state index contributed by atoms with van der Waals surface area (Å²) in [5.41, 5.74) is -2.20. The lowest BCUT2D eigenvalue weighted by Gasteiger charge is -2.37. The van der Waals surface area contributed by atoms with Crippen molar-refractivity contribution in [1.82, 2.24) is 10.6 Å². The fraction of sp³-hybridized carbons (Fsp3) is 0.833. The standard InChI is InChI=1S/C18H32N2O5/c1-16(2,3)25-15(24)20-17(4,5)14(23)19-12-18(11-13(21)22)9-7-6-8-10-18/h6-12H2,1-5H3,(H,19,23)(H,20,24)(H,21,22). The number of ether oxygens (including phenoxy) is 1. The van der Waals surface area contributed by atoms with Crippen molar-refractivity contribution < 1.29 is 24.2 Å². The van der Waals surface area contributed by atoms with Crippen molar-refractivity contribution in [3.8, 4) is 0 Å². The molecule has 2 amide bonds. The Kier molecular flexibility index (Phi) is 6.85. The summed E-state index contributed by atoms with van der Waals surface area (Å²) < 4.78 is 5.18. The highest BCUT2D eigenvalue weighted by Crippen LogP contribution is 2.38. The summed E-state index contributed by atoms with van der Waals surface area (Å²) >= 11 is 0. The first-order valence-electron chi connectivity index (χ1n) is 8.87. The van der Waals surface area contributed by atoms with E-state index in [2.05, 4.69) is 10.6 Å². The maximum atomic E-state index is 12.5. The second-order valence-electron chi connectivity index (χ2n) is 8.57. The number of hydrogen-bond donors (Lipinski definition) is 3. The fourth-order valence-electron chi connectivity index (χ4n) is 3.14. The van der Waals surface area contributed by atoms with Gasteiger partial charge in [0, 0.05) is 6.54 Å². The molecule has 1 fully saturated rings. The third kappa shape index (κ3) is 7.32. The van der Waals surface area contributed by atoms with Crippen molar-refractivity contribution in [2.24, 2.45) is 5.41 Å². The van der Waals surface area contributed by atoms with E-state index in [1.807, 2.05) is 0 Å². The number of carboxylic acids is 1. The second-order valence-corrected chi connectivity index (χ2v) is 8.57. The van der Waals surface area contributed by atoms with E-state index >= 15 is 0 Å². The maximum absolute atomic E-state index is 12.5. The van der Waals surface area contributed by atoms with Gasteiger partial charge in [-0.3, -0.25) is 9.59 Å². The maximum Gasteiger partial charge on any atom is 0.408 e. The van der Waals surface area contributed by atoms with Gasteiger partial charge in [0.2, 0.25) is 5.91 Å². The summed E-state index contributed by atoms with van der Waals surface area (Å²) in [6.45, 7) is 8.74. The van der Waals surface area contributed by atoms with Gasteiger partial charge in [-0.2, -0.15) is 0 Å². The molecule has 0 spiro atoms. The Hall–Kier alpha value is -1.79. The van der Waals surface area contributed by atoms with Crippen LogP contribution in [0.3, 0.4) is 0 Å². The summed E-state index contributed by atoms with van der Waals surface area (Å²) in [6, 6.07) is 0. The van der Waals surface area contributed by atoms with Crippen molar-refractivity contribution in [2.45, 2.75) is 84.3 Å². The molecule has 0 aromatic carbocycles. The average molecular weight is 356 g/mol. The Morgan fingerprint density at radius 3 is 2.08 bits per heavy atom. The normalized spacial score (nSPS) is 17.5. The first-order valence-corrected chi connectivity index (χ1v) is 8.87. The fourth-order valence-corrected chi connectivity index (χ4v) is 3.14. The lowest BCUT2D eigenvalue weighted by Crippen LogP contribution is -2.57. The Bertz CT molecular complexity index is 502. The number of rotatable bonds is 6. The molecule has 0 aliphatic heterocycles. The van der Waals surface area contributed by atoms with Crippen LogP contribution in [0, 0.1) is 5.41 Å². The van der Waals surface area contributed by atoms with E-state index < -0.39 is 28.6 Å². The molecule has 1 saturated carbocycles. The van der Waals surface area contributed by atoms with Gasteiger partial charge in [-0.05, 0) is 52.9 Å². The number of aliphatic carboxylic acids is 1. The molecule has 25 heavy (non-hydrogen) atoms. The monoisotopic (exact) mass is 356 g/mol. The average Bonchev–Trinajstić information content (AvgIpc) is 2.42. The molecule has 1 aliphatic carbocycles. The highest BCUT2D eigenvalue weighted by atomic mass is 16.6. The molecule has 144 valence electrons. The topological polar surface area (TPSA) is 105 Å². The van der Waals surface area contributed by atoms with Crippen LogP contribution in [-0.2, 0) is 14.3 Å². The molecule has 0 bridgehead atoms. The van der Waals surface area contributed by atoms with Crippen molar-refractivity contribution in [3.05, 3.63) is 0 Å². The SMILES string of the molecule is CC(C)(C)OC(=O)NC(C)(C)C(=O)NCC1(CC(=O)O)CCCCC1. The molecule has 1 rings (SSSR count). The summed E-state index contributed by atoms with van der Waals surface area (Å²) in [5.74, 6) is -1.20. The van der Waals surface area contributed by atoms with Gasteiger partial charge >= 0.3 is 12.1 Å². The third-order valence-corrected chi connectivity index (χ3v) is 4.45. The van der Waals surface area contributed by atoms with E-state index in [-0.39, 0.29) is 12.3 Å². The zero-order valence-electron chi connectivity index (χ0n) is 16.0. The van der Waals surface area contributed by atoms with Gasteiger partial charge in [0.15, 0.2) is 0 Å². The summed E-state index contributed by atoms with van der Waals surface area (Å²) in [6.07, 6.45) is 4.02. The lowest BCUT2D eigenvalue weighted by molar-refractivity contribution is -0.141. The van der Waals surface area contributed by atoms with Gasteiger partial charge in [0.05, 0.1) is 6.42 Å². The van der Waals surface area contributed by atoms with Crippen LogP contribution >= 0.6 is 0 Å². The van der Waals surface area contributed by atoms with Crippen LogP contribution in [0.2, 0.25) is 0 Å². The van der Waals surface area contributed by atoms with E-state index in [4.69, 9.17) is 4.74 Å². The zero-order valence-corrected chi connectivity index (χ0v) is 16.0. The minimum Gasteiger partial charge on any atom is -0.481 e. The lowest BCUT2D eigenvalue weighted by atomic mass is 9.71. The first-order chi connectivity index (χ1) is 11.4. The van der Waals surface area contributed by atoms with Crippen LogP contribution in [0.4, 0.5) is 4.79 Å². The minimum absolute atomic E-state index is 0.0488. The van der Waals surface area contributed by atoms with Crippen LogP contribution < -0.4 is 10.6 Å². The molecule has 0 unspecified atom stereocenters. The number of carboxylic acid groups (broad SMARTS) is 1. The van der Waals surface area contributed by atoms with Gasteiger partial charge in [-0.1, -0.05) is 19.3 Å². The molecule has 0 saturated heterocycles. The quantitative estimate of drug-likeness (QED) is 0.679. The molecular formula is C18H32N2O5. The number of carbonyl (C=O) groups is 3. The molecule has 1 aliphatic rings. The zero-order chi connectivity index (χ0) is 19.3. The predicted molar refractivity (Wildman–Crippen MR) is 94.2 cm³/mol. The van der Waals surface area contributed by atoms with Crippen molar-refractivity contribution in [1.29, 1.82) is 0 Å². The molecule has 7 nitrogen and oxygen atoms in total. The van der Waals surface area contributed by atoms with E-state index in [1.54, 1.807) is 34.6 Å². The van der Waals surface area contributed by atoms with Crippen molar-refractivity contribution in [3.63, 3.8) is 0 Å². The molecule has 0 aromatic rings. The van der Waals surface area contributed by atoms with Crippen LogP contribution in [0.5, 0.6) is 0 Å². The number of hydrogen-bond acceptors (Lipinski definition) is 4. The van der Waals surface area contributed by atoms with Crippen LogP contribution in [0.1, 0.15) is 73.1 Å². The van der Waals surface area contributed by atoms with Crippen LogP contribution in [0.15, 0.2) is 0 Å². The molecule has 7 heteroatoms. The highest BCUT2D eigenvalue weighted by Gasteiger charge is 2.37. The highest BCUT2D eigenvalue weighted by molar-refractivity contribution is 5.89. The smallest absolute Gasteiger partial charge is 0.408 e. The van der Waals surface area contributed by atoms with E-state index in [0.29, 0.717) is 6.54 Å². The number of nitrogens with one attached hydrogen (secondary N) is 2. The second kappa shape index (κ2) is 8.06. The van der Waals surface area contributed by atoms with Crippen molar-refractivity contribution >= 4 is 18.0 Å². The molecule has 0 aromatic heterocycles. The predicted octanol–water partition coefficient (Wildman–Crippen LogP) is 2.83. The van der Waals surface area contributed by atoms with E-state index in [0.717, 1.165) is 32.1 Å². The Morgan fingerprint density at radius 2 is 1.60 bits per heavy atom. The van der Waals surface area contributed by atoms with Gasteiger partial charge in [0.25, 0.3) is 0 Å². The summed E-state index contributed by atoms with van der Waals surface area (Å²) in [7, 11) is 0. The summed E-state index contributed by atoms with van der Waals surface area (Å²) in [4.78, 5) is 35.6. The Balaban J connectivity index is 2.65. The van der Waals surface area contributed by atoms with Gasteiger partial charge < -0.3 is 20.5 Å². The van der Waals surface area contributed by atoms with E-state index in [1.165, 1.54) is 0 Å². The molecule has 0 atom stereocenters. The van der Waals surface area contributed by atoms with Gasteiger partial charge in [-0.25, -0.2) is 4.79 Å². The number of alkyl carbamates (subject to hydrolysis) is 1. The molecule has 0 radical (unpaired) electrons. The number of carbonyl (C=O) groups excluding carboxylic acids is 2. The minimum atomic E-state index is -1.15. The largest absolute Gasteiger partial charge is 0.481 e.